The van der Waals surface area contributed by atoms with Crippen LogP contribution in [-0.2, 0) is 11.0 Å². The van der Waals surface area contributed by atoms with Gasteiger partial charge in [-0.05, 0) is 63.6 Å². The topological polar surface area (TPSA) is 38.7 Å². The third-order valence-corrected chi connectivity index (χ3v) is 5.18. The quantitative estimate of drug-likeness (QED) is 0.411. The van der Waals surface area contributed by atoms with Crippen LogP contribution < -0.4 is 4.74 Å². The lowest BCUT2D eigenvalue weighted by Crippen LogP contribution is -2.33. The normalized spacial score (nSPS) is 14.2. The van der Waals surface area contributed by atoms with Gasteiger partial charge in [-0.1, -0.05) is 0 Å². The number of benzene rings is 2. The van der Waals surface area contributed by atoms with Gasteiger partial charge < -0.3 is 4.74 Å². The fourth-order valence-electron chi connectivity index (χ4n) is 2.24. The Bertz CT molecular complexity index is 986. The maximum absolute atomic E-state index is 14.1. The van der Waals surface area contributed by atoms with Crippen molar-refractivity contribution in [2.45, 2.75) is 45.0 Å². The lowest BCUT2D eigenvalue weighted by atomic mass is 10.0. The monoisotopic (exact) mass is 451 g/mol. The number of rotatable bonds is 6. The standard InChI is InChI=1S/C20H19F6NO2S/c1-11-7-12(5-6-16(11)22)17(27-30(28)19(2,3)4)13-8-14(21)10-15(9-13)29-20(25,26)18(23)24/h5-10,18H,1-4H3/b27-17-. The zero-order valence-corrected chi connectivity index (χ0v) is 17.3. The van der Waals surface area contributed by atoms with Crippen molar-refractivity contribution in [3.05, 3.63) is 64.7 Å². The van der Waals surface area contributed by atoms with Crippen molar-refractivity contribution >= 4 is 16.7 Å². The molecule has 0 fully saturated rings. The SMILES string of the molecule is Cc1cc(/C(=N/S(=O)C(C)(C)C)c2cc(F)cc(OC(F)(F)C(F)F)c2)ccc1F. The first kappa shape index (κ1) is 23.9. The van der Waals surface area contributed by atoms with Gasteiger partial charge in [0.2, 0.25) is 0 Å². The van der Waals surface area contributed by atoms with Crippen LogP contribution in [0, 0.1) is 18.6 Å². The molecule has 1 atom stereocenters. The summed E-state index contributed by atoms with van der Waals surface area (Å²) in [6.07, 6.45) is -8.98. The van der Waals surface area contributed by atoms with Crippen LogP contribution in [0.5, 0.6) is 5.75 Å². The zero-order chi connectivity index (χ0) is 22.9. The molecule has 3 nitrogen and oxygen atoms in total. The number of hydrogen-bond donors (Lipinski definition) is 0. The third kappa shape index (κ3) is 5.84. The predicted octanol–water partition coefficient (Wildman–Crippen LogP) is 5.81. The Labute approximate surface area is 172 Å². The van der Waals surface area contributed by atoms with E-state index in [0.717, 1.165) is 18.2 Å². The molecule has 0 saturated carbocycles. The van der Waals surface area contributed by atoms with Gasteiger partial charge in [0, 0.05) is 17.2 Å². The van der Waals surface area contributed by atoms with Crippen LogP contribution in [0.3, 0.4) is 0 Å². The average Bonchev–Trinajstić information content (AvgIpc) is 2.60. The highest BCUT2D eigenvalue weighted by Crippen LogP contribution is 2.30. The van der Waals surface area contributed by atoms with Gasteiger partial charge in [-0.2, -0.15) is 22.0 Å². The Morgan fingerprint density at radius 1 is 1.03 bits per heavy atom. The number of aryl methyl sites for hydroxylation is 1. The van der Waals surface area contributed by atoms with Crippen LogP contribution in [0.4, 0.5) is 26.3 Å². The highest BCUT2D eigenvalue weighted by molar-refractivity contribution is 7.85. The molecule has 0 N–H and O–H groups in total. The molecular weight excluding hydrogens is 432 g/mol. The Hall–Kier alpha value is -2.36. The van der Waals surface area contributed by atoms with E-state index >= 15 is 0 Å². The van der Waals surface area contributed by atoms with Crippen LogP contribution in [0.15, 0.2) is 40.8 Å². The summed E-state index contributed by atoms with van der Waals surface area (Å²) in [6, 6.07) is 6.03. The van der Waals surface area contributed by atoms with Crippen LogP contribution in [0.25, 0.3) is 0 Å². The molecule has 0 aliphatic heterocycles. The van der Waals surface area contributed by atoms with Crippen molar-refractivity contribution in [1.82, 2.24) is 0 Å². The van der Waals surface area contributed by atoms with E-state index in [1.165, 1.54) is 19.1 Å². The second-order valence-electron chi connectivity index (χ2n) is 7.41. The number of ether oxygens (including phenoxy) is 1. The lowest BCUT2D eigenvalue weighted by Gasteiger charge is -2.19. The van der Waals surface area contributed by atoms with Crippen molar-refractivity contribution in [2.24, 2.45) is 4.40 Å². The van der Waals surface area contributed by atoms with E-state index in [1.807, 2.05) is 0 Å². The molecule has 0 aliphatic carbocycles. The van der Waals surface area contributed by atoms with Crippen molar-refractivity contribution in [2.75, 3.05) is 0 Å². The molecule has 0 amide bonds. The first-order valence-corrected chi connectivity index (χ1v) is 9.74. The van der Waals surface area contributed by atoms with Gasteiger partial charge in [-0.15, -0.1) is 0 Å². The second-order valence-corrected chi connectivity index (χ2v) is 9.31. The summed E-state index contributed by atoms with van der Waals surface area (Å²) < 4.78 is 99.0. The molecule has 0 aliphatic rings. The smallest absolute Gasteiger partial charge is 0.428 e. The lowest BCUT2D eigenvalue weighted by molar-refractivity contribution is -0.253. The number of halogens is 6. The van der Waals surface area contributed by atoms with Crippen LogP contribution in [0.1, 0.15) is 37.5 Å². The molecule has 0 bridgehead atoms. The number of nitrogens with zero attached hydrogens (tertiary/aromatic N) is 1. The maximum atomic E-state index is 14.1. The highest BCUT2D eigenvalue weighted by Gasteiger charge is 2.44. The van der Waals surface area contributed by atoms with E-state index in [2.05, 4.69) is 9.13 Å². The van der Waals surface area contributed by atoms with Gasteiger partial charge in [-0.25, -0.2) is 13.0 Å². The van der Waals surface area contributed by atoms with E-state index in [0.29, 0.717) is 6.07 Å². The minimum atomic E-state index is -4.84. The Kier molecular flexibility index (Phi) is 7.01. The van der Waals surface area contributed by atoms with Crippen LogP contribution >= 0.6 is 0 Å². The maximum Gasteiger partial charge on any atom is 0.461 e. The molecule has 0 spiro atoms. The molecule has 0 saturated heterocycles. The van der Waals surface area contributed by atoms with Crippen LogP contribution in [0.2, 0.25) is 0 Å². The van der Waals surface area contributed by atoms with E-state index < -0.39 is 45.7 Å². The summed E-state index contributed by atoms with van der Waals surface area (Å²) in [7, 11) is -1.86. The van der Waals surface area contributed by atoms with Gasteiger partial charge >= 0.3 is 12.5 Å². The Morgan fingerprint density at radius 3 is 2.20 bits per heavy atom. The molecule has 10 heteroatoms. The fourth-order valence-corrected chi connectivity index (χ4v) is 2.89. The Morgan fingerprint density at radius 2 is 1.67 bits per heavy atom. The van der Waals surface area contributed by atoms with Crippen molar-refractivity contribution in [3.63, 3.8) is 0 Å². The Balaban J connectivity index is 2.65. The molecule has 0 aromatic heterocycles. The minimum absolute atomic E-state index is 0.101. The first-order valence-electron chi connectivity index (χ1n) is 8.64. The highest BCUT2D eigenvalue weighted by atomic mass is 32.2. The summed E-state index contributed by atoms with van der Waals surface area (Å²) in [5, 5.41) is 0. The number of alkyl halides is 4. The van der Waals surface area contributed by atoms with E-state index in [-0.39, 0.29) is 22.4 Å². The second kappa shape index (κ2) is 8.79. The van der Waals surface area contributed by atoms with Gasteiger partial charge in [0.1, 0.15) is 28.4 Å². The molecule has 30 heavy (non-hydrogen) atoms. The molecule has 2 aromatic carbocycles. The van der Waals surface area contributed by atoms with Crippen molar-refractivity contribution in [1.29, 1.82) is 0 Å². The van der Waals surface area contributed by atoms with E-state index in [9.17, 15) is 30.6 Å². The number of hydrogen-bond acceptors (Lipinski definition) is 2. The molecule has 1 unspecified atom stereocenters. The minimum Gasteiger partial charge on any atom is -0.428 e. The van der Waals surface area contributed by atoms with Gasteiger partial charge in [-0.3, -0.25) is 0 Å². The molecular formula is C20H19F6NO2S. The fraction of sp³-hybridized carbons (Fsp3) is 0.350. The molecule has 0 heterocycles. The third-order valence-electron chi connectivity index (χ3n) is 3.78. The predicted molar refractivity (Wildman–Crippen MR) is 103 cm³/mol. The van der Waals surface area contributed by atoms with Crippen molar-refractivity contribution in [3.8, 4) is 5.75 Å². The summed E-state index contributed by atoms with van der Waals surface area (Å²) in [4.78, 5) is 0. The summed E-state index contributed by atoms with van der Waals surface area (Å²) in [5.41, 5.74) is 0.178. The zero-order valence-electron chi connectivity index (χ0n) is 16.5. The molecule has 2 rings (SSSR count). The van der Waals surface area contributed by atoms with E-state index in [1.54, 1.807) is 20.8 Å². The van der Waals surface area contributed by atoms with E-state index in [4.69, 9.17) is 0 Å². The average molecular weight is 451 g/mol. The first-order chi connectivity index (χ1) is 13.7. The van der Waals surface area contributed by atoms with Gasteiger partial charge in [0.15, 0.2) is 0 Å². The summed E-state index contributed by atoms with van der Waals surface area (Å²) in [5.74, 6) is -2.47. The molecule has 2 aromatic rings. The van der Waals surface area contributed by atoms with Gasteiger partial charge in [0.05, 0.1) is 10.5 Å². The largest absolute Gasteiger partial charge is 0.461 e. The van der Waals surface area contributed by atoms with Gasteiger partial charge in [0.25, 0.3) is 0 Å². The molecule has 0 radical (unpaired) electrons. The summed E-state index contributed by atoms with van der Waals surface area (Å²) >= 11 is 0. The van der Waals surface area contributed by atoms with Crippen molar-refractivity contribution < 1.29 is 35.3 Å². The molecule has 164 valence electrons. The van der Waals surface area contributed by atoms with Crippen LogP contribution in [-0.4, -0.2) is 27.2 Å². The summed E-state index contributed by atoms with van der Waals surface area (Å²) in [6.45, 7) is 6.34.